The SMILES string of the molecule is COCCN1CC[C@@H](CN(C)C(=O)Cc2ccncc2)C1. The van der Waals surface area contributed by atoms with Crippen LogP contribution in [0.4, 0.5) is 0 Å². The van der Waals surface area contributed by atoms with Crippen LogP contribution in [0.1, 0.15) is 12.0 Å². The highest BCUT2D eigenvalue weighted by atomic mass is 16.5. The highest BCUT2D eigenvalue weighted by Crippen LogP contribution is 2.17. The summed E-state index contributed by atoms with van der Waals surface area (Å²) in [6, 6.07) is 3.79. The van der Waals surface area contributed by atoms with Gasteiger partial charge in [-0.05, 0) is 36.6 Å². The molecule has 1 atom stereocenters. The molecule has 1 aromatic heterocycles. The van der Waals surface area contributed by atoms with E-state index in [0.29, 0.717) is 12.3 Å². The first-order valence-electron chi connectivity index (χ1n) is 7.53. The molecule has 5 heteroatoms. The van der Waals surface area contributed by atoms with Gasteiger partial charge in [-0.15, -0.1) is 0 Å². The summed E-state index contributed by atoms with van der Waals surface area (Å²) in [5, 5.41) is 0. The number of pyridine rings is 1. The molecule has 0 aromatic carbocycles. The molecule has 1 saturated heterocycles. The fourth-order valence-corrected chi connectivity index (χ4v) is 2.78. The lowest BCUT2D eigenvalue weighted by molar-refractivity contribution is -0.129. The van der Waals surface area contributed by atoms with Crippen LogP contribution in [0.15, 0.2) is 24.5 Å². The average Bonchev–Trinajstić information content (AvgIpc) is 2.93. The van der Waals surface area contributed by atoms with Crippen LogP contribution >= 0.6 is 0 Å². The molecular weight excluding hydrogens is 266 g/mol. The Bertz CT molecular complexity index is 438. The molecule has 5 nitrogen and oxygen atoms in total. The van der Waals surface area contributed by atoms with E-state index in [-0.39, 0.29) is 5.91 Å². The number of carbonyl (C=O) groups is 1. The van der Waals surface area contributed by atoms with Crippen LogP contribution in [0, 0.1) is 5.92 Å². The largest absolute Gasteiger partial charge is 0.383 e. The Kier molecular flexibility index (Phi) is 6.14. The number of ether oxygens (including phenoxy) is 1. The lowest BCUT2D eigenvalue weighted by atomic mass is 10.1. The van der Waals surface area contributed by atoms with Crippen LogP contribution < -0.4 is 0 Å². The quantitative estimate of drug-likeness (QED) is 0.753. The number of amides is 1. The molecule has 0 saturated carbocycles. The first-order chi connectivity index (χ1) is 10.2. The minimum absolute atomic E-state index is 0.177. The zero-order valence-electron chi connectivity index (χ0n) is 13.0. The highest BCUT2D eigenvalue weighted by molar-refractivity contribution is 5.78. The Labute approximate surface area is 126 Å². The highest BCUT2D eigenvalue weighted by Gasteiger charge is 2.24. The van der Waals surface area contributed by atoms with E-state index in [9.17, 15) is 4.79 Å². The van der Waals surface area contributed by atoms with Gasteiger partial charge in [0, 0.05) is 46.2 Å². The van der Waals surface area contributed by atoms with E-state index in [1.54, 1.807) is 19.5 Å². The monoisotopic (exact) mass is 291 g/mol. The fourth-order valence-electron chi connectivity index (χ4n) is 2.78. The molecule has 0 radical (unpaired) electrons. The van der Waals surface area contributed by atoms with Crippen molar-refractivity contribution >= 4 is 5.91 Å². The normalized spacial score (nSPS) is 18.9. The van der Waals surface area contributed by atoms with E-state index >= 15 is 0 Å². The van der Waals surface area contributed by atoms with E-state index in [4.69, 9.17) is 4.74 Å². The number of methoxy groups -OCH3 is 1. The molecule has 1 aliphatic heterocycles. The predicted molar refractivity (Wildman–Crippen MR) is 82.0 cm³/mol. The number of carbonyl (C=O) groups excluding carboxylic acids is 1. The van der Waals surface area contributed by atoms with Gasteiger partial charge >= 0.3 is 0 Å². The van der Waals surface area contributed by atoms with Gasteiger partial charge in [-0.3, -0.25) is 9.78 Å². The van der Waals surface area contributed by atoms with E-state index in [1.165, 1.54) is 0 Å². The Morgan fingerprint density at radius 2 is 2.24 bits per heavy atom. The molecule has 0 unspecified atom stereocenters. The van der Waals surface area contributed by atoms with Crippen molar-refractivity contribution in [3.05, 3.63) is 30.1 Å². The van der Waals surface area contributed by atoms with Crippen molar-refractivity contribution < 1.29 is 9.53 Å². The average molecular weight is 291 g/mol. The van der Waals surface area contributed by atoms with Gasteiger partial charge in [0.1, 0.15) is 0 Å². The van der Waals surface area contributed by atoms with E-state index in [0.717, 1.165) is 44.8 Å². The number of likely N-dealkylation sites (tertiary alicyclic amines) is 1. The third-order valence-corrected chi connectivity index (χ3v) is 4.04. The standard InChI is InChI=1S/C16H25N3O2/c1-18(16(20)11-14-3-6-17-7-4-14)12-15-5-8-19(13-15)9-10-21-2/h3-4,6-7,15H,5,8-13H2,1-2H3/t15-/m0/s1. The first kappa shape index (κ1) is 15.9. The van der Waals surface area contributed by atoms with Crippen LogP contribution in [0.5, 0.6) is 0 Å². The van der Waals surface area contributed by atoms with Gasteiger partial charge < -0.3 is 14.5 Å². The van der Waals surface area contributed by atoms with Gasteiger partial charge in [-0.25, -0.2) is 0 Å². The van der Waals surface area contributed by atoms with Gasteiger partial charge in [0.05, 0.1) is 13.0 Å². The van der Waals surface area contributed by atoms with Crippen LogP contribution in [-0.4, -0.2) is 67.6 Å². The third kappa shape index (κ3) is 5.10. The molecule has 1 aliphatic rings. The Hall–Kier alpha value is -1.46. The maximum absolute atomic E-state index is 12.2. The van der Waals surface area contributed by atoms with Crippen LogP contribution in [0.2, 0.25) is 0 Å². The number of hydrogen-bond acceptors (Lipinski definition) is 4. The summed E-state index contributed by atoms with van der Waals surface area (Å²) in [5.74, 6) is 0.754. The maximum atomic E-state index is 12.2. The summed E-state index contributed by atoms with van der Waals surface area (Å²) < 4.78 is 5.11. The second-order valence-corrected chi connectivity index (χ2v) is 5.75. The zero-order valence-corrected chi connectivity index (χ0v) is 13.0. The number of likely N-dealkylation sites (N-methyl/N-ethyl adjacent to an activating group) is 1. The summed E-state index contributed by atoms with van der Waals surface area (Å²) in [6.45, 7) is 4.79. The second-order valence-electron chi connectivity index (χ2n) is 5.75. The molecule has 21 heavy (non-hydrogen) atoms. The molecule has 0 spiro atoms. The van der Waals surface area contributed by atoms with E-state index in [2.05, 4.69) is 9.88 Å². The summed E-state index contributed by atoms with van der Waals surface area (Å²) >= 11 is 0. The maximum Gasteiger partial charge on any atom is 0.226 e. The number of rotatable bonds is 7. The van der Waals surface area contributed by atoms with Crippen molar-refractivity contribution in [2.24, 2.45) is 5.92 Å². The molecule has 2 rings (SSSR count). The minimum atomic E-state index is 0.177. The summed E-state index contributed by atoms with van der Waals surface area (Å²) in [4.78, 5) is 20.5. The van der Waals surface area contributed by atoms with Crippen molar-refractivity contribution in [1.29, 1.82) is 0 Å². The van der Waals surface area contributed by atoms with Crippen LogP contribution in [0.25, 0.3) is 0 Å². The van der Waals surface area contributed by atoms with Crippen molar-refractivity contribution in [3.8, 4) is 0 Å². The molecule has 116 valence electrons. The van der Waals surface area contributed by atoms with Gasteiger partial charge in [0.25, 0.3) is 0 Å². The molecule has 1 fully saturated rings. The Morgan fingerprint density at radius 1 is 1.48 bits per heavy atom. The number of aromatic nitrogens is 1. The zero-order chi connectivity index (χ0) is 15.1. The Morgan fingerprint density at radius 3 is 2.95 bits per heavy atom. The second kappa shape index (κ2) is 8.10. The van der Waals surface area contributed by atoms with Gasteiger partial charge in [-0.1, -0.05) is 0 Å². The van der Waals surface area contributed by atoms with Crippen molar-refractivity contribution in [2.75, 3.05) is 46.9 Å². The van der Waals surface area contributed by atoms with Crippen LogP contribution in [-0.2, 0) is 16.0 Å². The Balaban J connectivity index is 1.74. The van der Waals surface area contributed by atoms with Gasteiger partial charge in [0.2, 0.25) is 5.91 Å². The summed E-state index contributed by atoms with van der Waals surface area (Å²) in [5.41, 5.74) is 1.02. The topological polar surface area (TPSA) is 45.7 Å². The molecule has 0 N–H and O–H groups in total. The van der Waals surface area contributed by atoms with Crippen molar-refractivity contribution in [1.82, 2.24) is 14.8 Å². The third-order valence-electron chi connectivity index (χ3n) is 4.04. The minimum Gasteiger partial charge on any atom is -0.383 e. The summed E-state index contributed by atoms with van der Waals surface area (Å²) in [7, 11) is 3.64. The van der Waals surface area contributed by atoms with E-state index < -0.39 is 0 Å². The smallest absolute Gasteiger partial charge is 0.226 e. The first-order valence-corrected chi connectivity index (χ1v) is 7.53. The van der Waals surface area contributed by atoms with E-state index in [1.807, 2.05) is 24.1 Å². The van der Waals surface area contributed by atoms with Gasteiger partial charge in [-0.2, -0.15) is 0 Å². The number of nitrogens with zero attached hydrogens (tertiary/aromatic N) is 3. The fraction of sp³-hybridized carbons (Fsp3) is 0.625. The predicted octanol–water partition coefficient (Wildman–Crippen LogP) is 1.05. The molecule has 1 aromatic rings. The molecule has 0 bridgehead atoms. The lowest BCUT2D eigenvalue weighted by Gasteiger charge is -2.22. The molecular formula is C16H25N3O2. The van der Waals surface area contributed by atoms with Gasteiger partial charge in [0.15, 0.2) is 0 Å². The number of hydrogen-bond donors (Lipinski definition) is 0. The van der Waals surface area contributed by atoms with Crippen molar-refractivity contribution in [2.45, 2.75) is 12.8 Å². The lowest BCUT2D eigenvalue weighted by Crippen LogP contribution is -2.34. The van der Waals surface area contributed by atoms with Crippen molar-refractivity contribution in [3.63, 3.8) is 0 Å². The van der Waals surface area contributed by atoms with Crippen LogP contribution in [0.3, 0.4) is 0 Å². The summed E-state index contributed by atoms with van der Waals surface area (Å²) in [6.07, 6.45) is 5.08. The molecule has 2 heterocycles. The molecule has 1 amide bonds. The molecule has 0 aliphatic carbocycles.